The zero-order chi connectivity index (χ0) is 69.5. The average Bonchev–Trinajstić information content (AvgIpc) is 0.881. The fourth-order valence-electron chi connectivity index (χ4n) is 7.56. The minimum absolute atomic E-state index is 0.00838. The van der Waals surface area contributed by atoms with E-state index in [0.29, 0.717) is 83.6 Å². The number of ether oxygens (including phenoxy) is 2. The zero-order valence-corrected chi connectivity index (χ0v) is 56.3. The molecule has 32 heteroatoms. The van der Waals surface area contributed by atoms with Crippen molar-refractivity contribution in [3.05, 3.63) is 190 Å². The molecule has 0 fully saturated rings. The molecule has 0 radical (unpaired) electrons. The van der Waals surface area contributed by atoms with E-state index in [2.05, 4.69) is 42.4 Å². The van der Waals surface area contributed by atoms with Crippen LogP contribution in [0.4, 0.5) is 45.5 Å². The van der Waals surface area contributed by atoms with Crippen molar-refractivity contribution in [2.24, 2.45) is 0 Å². The second-order valence-electron chi connectivity index (χ2n) is 18.1. The Kier molecular flexibility index (Phi) is 37.1. The van der Waals surface area contributed by atoms with Crippen LogP contribution >= 0.6 is 23.2 Å². The Balaban J connectivity index is 0.000000322. The summed E-state index contributed by atoms with van der Waals surface area (Å²) >= 11 is 1.61. The molecule has 0 spiro atoms. The maximum Gasteiger partial charge on any atom is 0.337 e. The summed E-state index contributed by atoms with van der Waals surface area (Å²) in [6.45, 7) is 14.0. The van der Waals surface area contributed by atoms with Gasteiger partial charge in [-0.25, -0.2) is 9.59 Å². The minimum atomic E-state index is -2.62. The molecule has 0 aliphatic carbocycles. The van der Waals surface area contributed by atoms with Gasteiger partial charge in [0.15, 0.2) is 17.8 Å². The SMILES string of the molecule is CC.CC.CCCCNc1cc(C(=O)O)cc(NS(=O)[O-])c1Oc1ccccc1.CCCCNc1cc(C=O)cc(NS(=O)[O-])c1Oc1ccccc1.O=C(O)c1cc(NS(=O)[O-])c(Cl)cc1NCc1ccco1.O=Cc1cc(NS(=O)[O-])c(Cl)cc1NCc1ccco1. The standard InChI is InChI=1S/C17H20N2O5S.C17H20N2O4S.C12H11ClN2O5S.C12H11ClN2O4S.2C2H6/c1-2-3-9-18-14-10-12(17(20)21)11-15(19-25(22)23)16(14)24-13-7-5-4-6-8-13;1-2-3-9-18-15-10-13(12-20)11-16(19-24(21)22)17(15)23-14-7-5-4-6-8-14;13-9-5-10(14-6-7-2-1-3-20-7)8(12(16)17)4-11(9)15-21(18)19;13-10-5-11(14-6-9-2-1-3-19-9)8(7-16)4-12(10)15-20(17)18;2*1-2/h4-8,10-11,18-19H,2-3,9H2,1H3,(H,20,21)(H,22,23);4-8,10-12,18-19H,2-3,9H2,1H3,(H,21,22);1-5,14-15H,6H2,(H,16,17)(H,18,19);1-5,7,14-15H,6H2,(H,17,18);2*1-2H3/p-4. The Labute approximate surface area is 564 Å². The van der Waals surface area contributed by atoms with E-state index < -0.39 is 57.0 Å². The van der Waals surface area contributed by atoms with E-state index in [-0.39, 0.29) is 67.5 Å². The molecule has 6 aromatic carbocycles. The van der Waals surface area contributed by atoms with Crippen LogP contribution in [0.25, 0.3) is 0 Å². The fourth-order valence-corrected chi connectivity index (χ4v) is 9.45. The van der Waals surface area contributed by atoms with E-state index in [9.17, 15) is 64.4 Å². The van der Waals surface area contributed by atoms with Crippen LogP contribution in [0.5, 0.6) is 23.0 Å². The van der Waals surface area contributed by atoms with Gasteiger partial charge < -0.3 is 86.9 Å². The van der Waals surface area contributed by atoms with Crippen LogP contribution < -0.4 is 49.6 Å². The number of furan rings is 2. The van der Waals surface area contributed by atoms with Gasteiger partial charge in [0, 0.05) is 75.0 Å². The van der Waals surface area contributed by atoms with Crippen molar-refractivity contribution in [1.29, 1.82) is 0 Å². The largest absolute Gasteiger partial charge is 0.755 e. The molecule has 508 valence electrons. The van der Waals surface area contributed by atoms with E-state index in [0.717, 1.165) is 31.7 Å². The number of anilines is 8. The Morgan fingerprint density at radius 1 is 0.489 bits per heavy atom. The number of benzene rings is 6. The van der Waals surface area contributed by atoms with Gasteiger partial charge in [-0.2, -0.15) is 0 Å². The van der Waals surface area contributed by atoms with Crippen LogP contribution in [-0.4, -0.2) is 82.9 Å². The molecule has 94 heavy (non-hydrogen) atoms. The highest BCUT2D eigenvalue weighted by Crippen LogP contribution is 2.40. The summed E-state index contributed by atoms with van der Waals surface area (Å²) in [7, 11) is 0. The third-order valence-electron chi connectivity index (χ3n) is 11.6. The molecule has 2 heterocycles. The second-order valence-corrected chi connectivity index (χ2v) is 21.6. The first kappa shape index (κ1) is 79.4. The van der Waals surface area contributed by atoms with Crippen molar-refractivity contribution in [3.8, 4) is 23.0 Å². The van der Waals surface area contributed by atoms with Crippen LogP contribution in [0.2, 0.25) is 10.0 Å². The number of halogens is 2. The molecule has 0 saturated carbocycles. The molecule has 0 aliphatic rings. The summed E-state index contributed by atoms with van der Waals surface area (Å²) in [4.78, 5) is 44.8. The number of para-hydroxylation sites is 2. The molecule has 26 nitrogen and oxygen atoms in total. The molecule has 0 saturated heterocycles. The molecule has 0 amide bonds. The molecular formula is C62H70Cl2N8O18S4-4. The van der Waals surface area contributed by atoms with E-state index >= 15 is 0 Å². The van der Waals surface area contributed by atoms with Crippen LogP contribution in [0, 0.1) is 0 Å². The molecule has 0 aliphatic heterocycles. The van der Waals surface area contributed by atoms with E-state index in [4.69, 9.17) is 41.5 Å². The average molecular weight is 1410 g/mol. The number of hydrogen-bond acceptors (Lipinski definition) is 20. The number of hydrogen-bond donors (Lipinski definition) is 10. The monoisotopic (exact) mass is 1410 g/mol. The summed E-state index contributed by atoms with van der Waals surface area (Å²) in [6, 6.07) is 35.9. The first-order chi connectivity index (χ1) is 45.2. The lowest BCUT2D eigenvalue weighted by molar-refractivity contribution is 0.0686. The lowest BCUT2D eigenvalue weighted by Gasteiger charge is -2.19. The maximum atomic E-state index is 11.3. The number of unbranched alkanes of at least 4 members (excludes halogenated alkanes) is 2. The smallest absolute Gasteiger partial charge is 0.337 e. The fraction of sp³-hybridized carbons (Fsp3) is 0.226. The van der Waals surface area contributed by atoms with Crippen molar-refractivity contribution in [2.45, 2.75) is 80.3 Å². The number of carboxylic acids is 2. The van der Waals surface area contributed by atoms with E-state index in [1.165, 1.54) is 42.7 Å². The first-order valence-corrected chi connectivity index (χ1v) is 33.6. The summed E-state index contributed by atoms with van der Waals surface area (Å²) < 4.78 is 117. The number of carbonyl (C=O) groups is 4. The second kappa shape index (κ2) is 43.9. The number of rotatable bonds is 30. The maximum absolute atomic E-state index is 11.3. The Morgan fingerprint density at radius 2 is 0.894 bits per heavy atom. The molecule has 0 bridgehead atoms. The van der Waals surface area contributed by atoms with Crippen LogP contribution in [0.15, 0.2) is 155 Å². The van der Waals surface area contributed by atoms with Gasteiger partial charge in [0.25, 0.3) is 0 Å². The molecule has 8 rings (SSSR count). The molecule has 2 aromatic heterocycles. The number of carbonyl (C=O) groups excluding carboxylic acids is 2. The third kappa shape index (κ3) is 28.2. The Bertz CT molecular complexity index is 3730. The van der Waals surface area contributed by atoms with Crippen molar-refractivity contribution < 1.29 is 82.7 Å². The van der Waals surface area contributed by atoms with Gasteiger partial charge in [-0.1, -0.05) is 114 Å². The third-order valence-corrected chi connectivity index (χ3v) is 13.8. The molecule has 8 aromatic rings. The summed E-state index contributed by atoms with van der Waals surface area (Å²) in [5.41, 5.74) is 2.58. The van der Waals surface area contributed by atoms with Gasteiger partial charge in [-0.3, -0.25) is 26.4 Å². The molecule has 10 N–H and O–H groups in total. The van der Waals surface area contributed by atoms with Crippen molar-refractivity contribution in [2.75, 3.05) is 53.2 Å². The van der Waals surface area contributed by atoms with Crippen molar-refractivity contribution >= 4 is 138 Å². The predicted molar refractivity (Wildman–Crippen MR) is 365 cm³/mol. The Hall–Kier alpha value is -8.82. The minimum Gasteiger partial charge on any atom is -0.755 e. The van der Waals surface area contributed by atoms with Gasteiger partial charge in [-0.05, 0) is 110 Å². The van der Waals surface area contributed by atoms with Crippen LogP contribution in [0.3, 0.4) is 0 Å². The number of aldehydes is 2. The highest BCUT2D eigenvalue weighted by Gasteiger charge is 2.19. The van der Waals surface area contributed by atoms with Gasteiger partial charge in [0.1, 0.15) is 29.3 Å². The molecule has 4 atom stereocenters. The Morgan fingerprint density at radius 3 is 1.30 bits per heavy atom. The summed E-state index contributed by atoms with van der Waals surface area (Å²) in [5.74, 6) is 0.547. The van der Waals surface area contributed by atoms with E-state index in [1.54, 1.807) is 73.0 Å². The van der Waals surface area contributed by atoms with Gasteiger partial charge in [0.2, 0.25) is 0 Å². The van der Waals surface area contributed by atoms with Crippen molar-refractivity contribution in [3.63, 3.8) is 0 Å². The topological polar surface area (TPSA) is 410 Å². The zero-order valence-electron chi connectivity index (χ0n) is 51.5. The lowest BCUT2D eigenvalue weighted by Crippen LogP contribution is -2.10. The number of carboxylic acid groups (broad SMARTS) is 2. The van der Waals surface area contributed by atoms with Gasteiger partial charge in [0.05, 0.1) is 86.6 Å². The normalized spacial score (nSPS) is 11.4. The van der Waals surface area contributed by atoms with Gasteiger partial charge >= 0.3 is 11.9 Å². The van der Waals surface area contributed by atoms with Gasteiger partial charge in [-0.15, -0.1) is 0 Å². The predicted octanol–water partition coefficient (Wildman–Crippen LogP) is 14.4. The van der Waals surface area contributed by atoms with Crippen molar-refractivity contribution in [1.82, 2.24) is 0 Å². The quantitative estimate of drug-likeness (QED) is 0.0114. The summed E-state index contributed by atoms with van der Waals surface area (Å²) in [6.07, 6.45) is 8.08. The highest BCUT2D eigenvalue weighted by atomic mass is 35.5. The number of aromatic carboxylic acids is 2. The summed E-state index contributed by atoms with van der Waals surface area (Å²) in [5, 5.41) is 30.9. The van der Waals surface area contributed by atoms with E-state index in [1.807, 2.05) is 63.6 Å². The lowest BCUT2D eigenvalue weighted by atomic mass is 10.1. The molecule has 4 unspecified atom stereocenters. The number of nitrogens with one attached hydrogen (secondary N) is 8. The molecular weight excluding hydrogens is 1340 g/mol. The van der Waals surface area contributed by atoms with Crippen LogP contribution in [-0.2, 0) is 58.2 Å². The highest BCUT2D eigenvalue weighted by molar-refractivity contribution is 7.81. The van der Waals surface area contributed by atoms with Crippen LogP contribution in [0.1, 0.15) is 120 Å². The first-order valence-electron chi connectivity index (χ1n) is 28.5.